The molecule has 0 unspecified atom stereocenters. The molecule has 2 aliphatic heterocycles. The van der Waals surface area contributed by atoms with Crippen molar-refractivity contribution in [1.29, 1.82) is 0 Å². The summed E-state index contributed by atoms with van der Waals surface area (Å²) >= 11 is 0. The molecule has 1 saturated heterocycles. The van der Waals surface area contributed by atoms with Crippen LogP contribution >= 0.6 is 0 Å². The number of nitrogens with one attached hydrogen (secondary N) is 1. The predicted octanol–water partition coefficient (Wildman–Crippen LogP) is 1.68. The van der Waals surface area contributed by atoms with Gasteiger partial charge in [-0.15, -0.1) is 0 Å². The minimum Gasteiger partial charge on any atom is -0.454 e. The molecule has 0 spiro atoms. The fourth-order valence-corrected chi connectivity index (χ4v) is 3.04. The number of aromatic nitrogens is 2. The minimum atomic E-state index is -0.193. The monoisotopic (exact) mass is 382 g/mol. The van der Waals surface area contributed by atoms with Crippen molar-refractivity contribution in [1.82, 2.24) is 15.3 Å². The highest BCUT2D eigenvalue weighted by molar-refractivity contribution is 5.91. The Morgan fingerprint density at radius 1 is 1.18 bits per heavy atom. The standard InChI is InChI=1S/C20H22N4O4/c1-14-10-16(23-20(22-14)24-6-8-26-9-7-24)12-21-19(25)5-3-15-2-4-17-18(11-15)28-13-27-17/h2-5,10-11H,6-9,12-13H2,1H3,(H,21,25)/b5-3+. The predicted molar refractivity (Wildman–Crippen MR) is 103 cm³/mol. The molecule has 4 rings (SSSR count). The van der Waals surface area contributed by atoms with Gasteiger partial charge in [-0.25, -0.2) is 9.97 Å². The quantitative estimate of drug-likeness (QED) is 0.788. The maximum absolute atomic E-state index is 12.2. The molecule has 8 heteroatoms. The van der Waals surface area contributed by atoms with E-state index in [-0.39, 0.29) is 12.7 Å². The normalized spacial score (nSPS) is 15.8. The number of carbonyl (C=O) groups is 1. The van der Waals surface area contributed by atoms with Gasteiger partial charge in [0, 0.05) is 24.9 Å². The highest BCUT2D eigenvalue weighted by Crippen LogP contribution is 2.32. The van der Waals surface area contributed by atoms with Gasteiger partial charge in [0.15, 0.2) is 11.5 Å². The Bertz CT molecular complexity index is 894. The molecule has 2 aromatic rings. The molecular formula is C20H22N4O4. The van der Waals surface area contributed by atoms with Gasteiger partial charge in [0.2, 0.25) is 18.6 Å². The van der Waals surface area contributed by atoms with E-state index in [0.29, 0.717) is 31.5 Å². The van der Waals surface area contributed by atoms with Crippen molar-refractivity contribution in [3.8, 4) is 11.5 Å². The van der Waals surface area contributed by atoms with Gasteiger partial charge in [-0.3, -0.25) is 4.79 Å². The number of morpholine rings is 1. The summed E-state index contributed by atoms with van der Waals surface area (Å²) < 4.78 is 16.0. The van der Waals surface area contributed by atoms with Crippen LogP contribution in [0.5, 0.6) is 11.5 Å². The third kappa shape index (κ3) is 4.40. The van der Waals surface area contributed by atoms with Gasteiger partial charge in [-0.05, 0) is 36.8 Å². The van der Waals surface area contributed by atoms with E-state index in [1.165, 1.54) is 6.08 Å². The van der Waals surface area contributed by atoms with Crippen LogP contribution in [0.15, 0.2) is 30.3 Å². The number of carbonyl (C=O) groups excluding carboxylic acids is 1. The molecular weight excluding hydrogens is 360 g/mol. The molecule has 3 heterocycles. The second-order valence-electron chi connectivity index (χ2n) is 6.56. The molecule has 1 aromatic heterocycles. The Morgan fingerprint density at radius 2 is 2.00 bits per heavy atom. The number of hydrogen-bond acceptors (Lipinski definition) is 7. The van der Waals surface area contributed by atoms with Gasteiger partial charge in [-0.1, -0.05) is 6.07 Å². The van der Waals surface area contributed by atoms with E-state index in [1.54, 1.807) is 6.08 Å². The maximum atomic E-state index is 12.2. The summed E-state index contributed by atoms with van der Waals surface area (Å²) in [6.07, 6.45) is 3.23. The second-order valence-corrected chi connectivity index (χ2v) is 6.56. The average Bonchev–Trinajstić information content (AvgIpc) is 3.19. The van der Waals surface area contributed by atoms with Crippen molar-refractivity contribution in [3.05, 3.63) is 47.3 Å². The van der Waals surface area contributed by atoms with Crippen LogP contribution in [-0.2, 0) is 16.1 Å². The van der Waals surface area contributed by atoms with Crippen molar-refractivity contribution in [2.45, 2.75) is 13.5 Å². The zero-order chi connectivity index (χ0) is 19.3. The van der Waals surface area contributed by atoms with Gasteiger partial charge in [0.05, 0.1) is 25.5 Å². The molecule has 0 radical (unpaired) electrons. The lowest BCUT2D eigenvalue weighted by Gasteiger charge is -2.27. The molecule has 28 heavy (non-hydrogen) atoms. The molecule has 1 aromatic carbocycles. The number of nitrogens with zero attached hydrogens (tertiary/aromatic N) is 3. The van der Waals surface area contributed by atoms with Gasteiger partial charge in [0.25, 0.3) is 0 Å². The molecule has 1 N–H and O–H groups in total. The van der Waals surface area contributed by atoms with E-state index >= 15 is 0 Å². The first-order valence-electron chi connectivity index (χ1n) is 9.20. The summed E-state index contributed by atoms with van der Waals surface area (Å²) in [5.74, 6) is 1.90. The number of rotatable bonds is 5. The first-order valence-corrected chi connectivity index (χ1v) is 9.20. The highest BCUT2D eigenvalue weighted by Gasteiger charge is 2.15. The van der Waals surface area contributed by atoms with Crippen molar-refractivity contribution in [2.24, 2.45) is 0 Å². The van der Waals surface area contributed by atoms with Gasteiger partial charge in [-0.2, -0.15) is 0 Å². The number of benzene rings is 1. The van der Waals surface area contributed by atoms with Crippen LogP contribution in [0.4, 0.5) is 5.95 Å². The van der Waals surface area contributed by atoms with Gasteiger partial charge < -0.3 is 24.4 Å². The van der Waals surface area contributed by atoms with Crippen molar-refractivity contribution >= 4 is 17.9 Å². The number of ether oxygens (including phenoxy) is 3. The smallest absolute Gasteiger partial charge is 0.244 e. The van der Waals surface area contributed by atoms with Crippen LogP contribution < -0.4 is 19.7 Å². The summed E-state index contributed by atoms with van der Waals surface area (Å²) in [7, 11) is 0. The van der Waals surface area contributed by atoms with Crippen molar-refractivity contribution in [3.63, 3.8) is 0 Å². The number of fused-ring (bicyclic) bond motifs is 1. The molecule has 0 atom stereocenters. The first-order chi connectivity index (χ1) is 13.7. The Morgan fingerprint density at radius 3 is 2.86 bits per heavy atom. The zero-order valence-corrected chi connectivity index (χ0v) is 15.7. The lowest BCUT2D eigenvalue weighted by molar-refractivity contribution is -0.116. The number of anilines is 1. The van der Waals surface area contributed by atoms with Crippen molar-refractivity contribution in [2.75, 3.05) is 38.0 Å². The lowest BCUT2D eigenvalue weighted by Crippen LogP contribution is -2.37. The topological polar surface area (TPSA) is 85.8 Å². The third-order valence-electron chi connectivity index (χ3n) is 4.46. The minimum absolute atomic E-state index is 0.193. The number of aryl methyl sites for hydroxylation is 1. The third-order valence-corrected chi connectivity index (χ3v) is 4.46. The van der Waals surface area contributed by atoms with E-state index in [9.17, 15) is 4.79 Å². The van der Waals surface area contributed by atoms with Crippen LogP contribution in [0.25, 0.3) is 6.08 Å². The van der Waals surface area contributed by atoms with Crippen LogP contribution in [0.3, 0.4) is 0 Å². The number of amides is 1. The van der Waals surface area contributed by atoms with Crippen LogP contribution in [0.2, 0.25) is 0 Å². The fraction of sp³-hybridized carbons (Fsp3) is 0.350. The van der Waals surface area contributed by atoms with E-state index in [1.807, 2.05) is 31.2 Å². The van der Waals surface area contributed by atoms with E-state index < -0.39 is 0 Å². The summed E-state index contributed by atoms with van der Waals surface area (Å²) in [4.78, 5) is 23.3. The summed E-state index contributed by atoms with van der Waals surface area (Å²) in [6, 6.07) is 7.43. The summed E-state index contributed by atoms with van der Waals surface area (Å²) in [5, 5.41) is 2.86. The summed E-state index contributed by atoms with van der Waals surface area (Å²) in [5.41, 5.74) is 2.52. The largest absolute Gasteiger partial charge is 0.454 e. The van der Waals surface area contributed by atoms with Crippen LogP contribution in [0.1, 0.15) is 17.0 Å². The lowest BCUT2D eigenvalue weighted by atomic mass is 10.2. The molecule has 146 valence electrons. The fourth-order valence-electron chi connectivity index (χ4n) is 3.04. The first kappa shape index (κ1) is 18.2. The van der Waals surface area contributed by atoms with E-state index in [4.69, 9.17) is 14.2 Å². The van der Waals surface area contributed by atoms with E-state index in [2.05, 4.69) is 20.2 Å². The zero-order valence-electron chi connectivity index (χ0n) is 15.7. The second kappa shape index (κ2) is 8.26. The average molecular weight is 382 g/mol. The molecule has 2 aliphatic rings. The van der Waals surface area contributed by atoms with Crippen molar-refractivity contribution < 1.29 is 19.0 Å². The van der Waals surface area contributed by atoms with Crippen LogP contribution in [-0.4, -0.2) is 49.0 Å². The Kier molecular flexibility index (Phi) is 5.38. The molecule has 0 bridgehead atoms. The molecule has 1 fully saturated rings. The van der Waals surface area contributed by atoms with Gasteiger partial charge in [0.1, 0.15) is 0 Å². The molecule has 1 amide bonds. The van der Waals surface area contributed by atoms with E-state index in [0.717, 1.165) is 35.8 Å². The van der Waals surface area contributed by atoms with Gasteiger partial charge >= 0.3 is 0 Å². The Hall–Kier alpha value is -3.13. The SMILES string of the molecule is Cc1cc(CNC(=O)/C=C/c2ccc3c(c2)OCO3)nc(N2CCOCC2)n1. The Balaban J connectivity index is 1.36. The highest BCUT2D eigenvalue weighted by atomic mass is 16.7. The maximum Gasteiger partial charge on any atom is 0.244 e. The van der Waals surface area contributed by atoms with Crippen LogP contribution in [0, 0.1) is 6.92 Å². The Labute approximate surface area is 163 Å². The number of hydrogen-bond donors (Lipinski definition) is 1. The summed E-state index contributed by atoms with van der Waals surface area (Å²) in [6.45, 7) is 5.39. The molecule has 0 saturated carbocycles. The molecule has 0 aliphatic carbocycles. The molecule has 8 nitrogen and oxygen atoms in total.